The number of aryl methyl sites for hydroxylation is 1. The Kier molecular flexibility index (Phi) is 7.44. The maximum Gasteiger partial charge on any atom is 0.222 e. The average Bonchev–Trinajstić information content (AvgIpc) is 3.15. The van der Waals surface area contributed by atoms with Gasteiger partial charge in [0.2, 0.25) is 5.91 Å². The molecule has 0 saturated heterocycles. The summed E-state index contributed by atoms with van der Waals surface area (Å²) in [6, 6.07) is 13.5. The van der Waals surface area contributed by atoms with Crippen molar-refractivity contribution < 1.29 is 14.3 Å². The van der Waals surface area contributed by atoms with Crippen molar-refractivity contribution in [2.45, 2.75) is 44.3 Å². The molecule has 0 bridgehead atoms. The number of carbonyl (C=O) groups is 1. The van der Waals surface area contributed by atoms with Gasteiger partial charge in [0.25, 0.3) is 0 Å². The van der Waals surface area contributed by atoms with Gasteiger partial charge in [0, 0.05) is 27.9 Å². The number of nitrogens with one attached hydrogen (secondary N) is 1. The number of aliphatic imine (C=N–C) groups is 1. The van der Waals surface area contributed by atoms with Crippen molar-refractivity contribution in [1.82, 2.24) is 20.1 Å². The Hall–Kier alpha value is -2.95. The van der Waals surface area contributed by atoms with Gasteiger partial charge in [-0.25, -0.2) is 0 Å². The Morgan fingerprint density at radius 1 is 1.20 bits per heavy atom. The zero-order valence-corrected chi connectivity index (χ0v) is 22.5. The van der Waals surface area contributed by atoms with Crippen LogP contribution >= 0.6 is 11.8 Å². The van der Waals surface area contributed by atoms with Crippen molar-refractivity contribution in [2.24, 2.45) is 4.99 Å². The number of aromatic nitrogens is 3. The number of nitrogens with zero attached hydrogens (tertiary/aromatic N) is 4. The van der Waals surface area contributed by atoms with Crippen LogP contribution in [-0.4, -0.2) is 58.5 Å². The summed E-state index contributed by atoms with van der Waals surface area (Å²) < 4.78 is 7.51. The average molecular weight is 510 g/mol. The van der Waals surface area contributed by atoms with E-state index in [1.54, 1.807) is 18.9 Å². The number of hydrogen-bond donors (Lipinski definition) is 2. The number of carbonyl (C=O) groups excluding carboxylic acids is 1. The Bertz CT molecular complexity index is 1250. The normalized spacial score (nSPS) is 15.0. The topological polar surface area (TPSA) is 102 Å². The fourth-order valence-corrected chi connectivity index (χ4v) is 6.39. The number of thioether (sulfide) groups is 1. The fraction of sp³-hybridized carbons (Fsp3) is 0.360. The number of ether oxygens (including phenoxy) is 1. The molecular weight excluding hydrogens is 478 g/mol. The van der Waals surface area contributed by atoms with Crippen molar-refractivity contribution in [3.63, 3.8) is 0 Å². The molecule has 2 N–H and O–H groups in total. The fourth-order valence-electron chi connectivity index (χ4n) is 3.98. The minimum atomic E-state index is -2.14. The summed E-state index contributed by atoms with van der Waals surface area (Å²) in [5.41, 5.74) is 3.48. The minimum Gasteiger partial charge on any atom is -0.497 e. The summed E-state index contributed by atoms with van der Waals surface area (Å²) >= 11 is 1.66. The van der Waals surface area contributed by atoms with E-state index >= 15 is 0 Å². The molecule has 1 aliphatic heterocycles. The summed E-state index contributed by atoms with van der Waals surface area (Å²) in [6.07, 6.45) is 0.171. The van der Waals surface area contributed by atoms with E-state index in [2.05, 4.69) is 27.6 Å². The molecule has 3 aromatic rings. The van der Waals surface area contributed by atoms with Crippen LogP contribution in [0.5, 0.6) is 5.75 Å². The number of benzene rings is 2. The molecule has 1 aromatic heterocycles. The van der Waals surface area contributed by atoms with Crippen LogP contribution in [-0.2, 0) is 4.79 Å². The Morgan fingerprint density at radius 3 is 2.60 bits per heavy atom. The molecule has 0 radical (unpaired) electrons. The second kappa shape index (κ2) is 10.3. The maximum absolute atomic E-state index is 12.6. The van der Waals surface area contributed by atoms with Gasteiger partial charge in [-0.05, 0) is 57.3 Å². The van der Waals surface area contributed by atoms with Crippen LogP contribution in [0.25, 0.3) is 5.69 Å². The Morgan fingerprint density at radius 2 is 1.94 bits per heavy atom. The first kappa shape index (κ1) is 25.1. The largest absolute Gasteiger partial charge is 0.497 e. The molecule has 0 spiro atoms. The van der Waals surface area contributed by atoms with E-state index in [1.165, 1.54) is 0 Å². The quantitative estimate of drug-likeness (QED) is 0.354. The first-order valence-corrected chi connectivity index (χ1v) is 15.7. The molecule has 2 aromatic carbocycles. The minimum absolute atomic E-state index is 0.0844. The van der Waals surface area contributed by atoms with Gasteiger partial charge in [-0.1, -0.05) is 12.1 Å². The predicted molar refractivity (Wildman–Crippen MR) is 141 cm³/mol. The second-order valence-electron chi connectivity index (χ2n) is 9.10. The third kappa shape index (κ3) is 5.66. The lowest BCUT2D eigenvalue weighted by Crippen LogP contribution is -2.28. The number of rotatable bonds is 8. The number of amides is 1. The molecule has 10 heteroatoms. The zero-order chi connectivity index (χ0) is 25.2. The highest BCUT2D eigenvalue weighted by Crippen LogP contribution is 2.34. The molecule has 35 heavy (non-hydrogen) atoms. The van der Waals surface area contributed by atoms with E-state index in [0.29, 0.717) is 18.1 Å². The second-order valence-corrected chi connectivity index (χ2v) is 14.6. The molecule has 1 atom stereocenters. The lowest BCUT2D eigenvalue weighted by Gasteiger charge is -2.15. The van der Waals surface area contributed by atoms with E-state index in [1.807, 2.05) is 61.8 Å². The molecule has 1 aliphatic rings. The van der Waals surface area contributed by atoms with Crippen LogP contribution in [0, 0.1) is 6.92 Å². The molecule has 0 saturated carbocycles. The van der Waals surface area contributed by atoms with Gasteiger partial charge in [-0.3, -0.25) is 14.4 Å². The lowest BCUT2D eigenvalue weighted by atomic mass is 10.00. The molecule has 184 valence electrons. The predicted octanol–water partition coefficient (Wildman–Crippen LogP) is 3.83. The zero-order valence-electron chi connectivity index (χ0n) is 20.7. The Balaban J connectivity index is 1.82. The molecule has 0 unspecified atom stereocenters. The standard InChI is InChI=1S/C25H31N5O3SSi/c1-6-26-23(31)14-21-25-29-28-16(2)30(25)22-12-9-18(33-3)13-20(22)24(27-21)17-7-10-19(11-8-17)34-15-35(4,5)32/h7-13,21,32H,6,14-15H2,1-5H3,(H,26,31)/t21-/m0/s1. The van der Waals surface area contributed by atoms with Crippen LogP contribution in [0.3, 0.4) is 0 Å². The van der Waals surface area contributed by atoms with E-state index < -0.39 is 14.4 Å². The lowest BCUT2D eigenvalue weighted by molar-refractivity contribution is -0.121. The van der Waals surface area contributed by atoms with E-state index in [0.717, 1.165) is 38.6 Å². The van der Waals surface area contributed by atoms with Crippen molar-refractivity contribution in [1.29, 1.82) is 0 Å². The van der Waals surface area contributed by atoms with Gasteiger partial charge in [-0.2, -0.15) is 0 Å². The van der Waals surface area contributed by atoms with Crippen LogP contribution in [0.15, 0.2) is 52.4 Å². The summed E-state index contributed by atoms with van der Waals surface area (Å²) in [7, 11) is -0.505. The van der Waals surface area contributed by atoms with Crippen molar-refractivity contribution >= 4 is 31.7 Å². The Labute approximate surface area is 211 Å². The maximum atomic E-state index is 12.6. The molecule has 8 nitrogen and oxygen atoms in total. The molecule has 4 rings (SSSR count). The number of methoxy groups -OCH3 is 1. The van der Waals surface area contributed by atoms with Crippen LogP contribution in [0.4, 0.5) is 0 Å². The first-order valence-electron chi connectivity index (χ1n) is 11.6. The van der Waals surface area contributed by atoms with Gasteiger partial charge in [0.05, 0.1) is 24.9 Å². The first-order chi connectivity index (χ1) is 16.7. The van der Waals surface area contributed by atoms with E-state index in [9.17, 15) is 9.59 Å². The molecule has 2 heterocycles. The highest BCUT2D eigenvalue weighted by Gasteiger charge is 2.30. The summed E-state index contributed by atoms with van der Waals surface area (Å²) in [4.78, 5) is 29.0. The number of fused-ring (bicyclic) bond motifs is 3. The van der Waals surface area contributed by atoms with E-state index in [4.69, 9.17) is 9.73 Å². The van der Waals surface area contributed by atoms with Crippen LogP contribution in [0.2, 0.25) is 13.1 Å². The highest BCUT2D eigenvalue weighted by molar-refractivity contribution is 8.00. The van der Waals surface area contributed by atoms with Crippen molar-refractivity contribution in [2.75, 3.05) is 19.0 Å². The smallest absolute Gasteiger partial charge is 0.222 e. The van der Waals surface area contributed by atoms with Gasteiger partial charge in [0.1, 0.15) is 17.6 Å². The highest BCUT2D eigenvalue weighted by atomic mass is 32.2. The van der Waals surface area contributed by atoms with E-state index in [-0.39, 0.29) is 12.3 Å². The van der Waals surface area contributed by atoms with Crippen molar-refractivity contribution in [3.8, 4) is 11.4 Å². The van der Waals surface area contributed by atoms with Crippen LogP contribution < -0.4 is 10.1 Å². The van der Waals surface area contributed by atoms with Crippen LogP contribution in [0.1, 0.15) is 42.2 Å². The van der Waals surface area contributed by atoms with Gasteiger partial charge >= 0.3 is 0 Å². The summed E-state index contributed by atoms with van der Waals surface area (Å²) in [5, 5.41) is 12.3. The molecular formula is C25H31N5O3SSi. The SMILES string of the molecule is CCNC(=O)C[C@@H]1N=C(c2ccc(SC[Si](C)(C)O)cc2)c2cc(OC)ccc2-n2c(C)nnc21. The van der Waals surface area contributed by atoms with Gasteiger partial charge in [-0.15, -0.1) is 22.0 Å². The third-order valence-corrected chi connectivity index (χ3v) is 9.61. The van der Waals surface area contributed by atoms with Crippen molar-refractivity contribution in [3.05, 3.63) is 65.2 Å². The molecule has 0 aliphatic carbocycles. The third-order valence-electron chi connectivity index (χ3n) is 5.61. The summed E-state index contributed by atoms with van der Waals surface area (Å²) in [6.45, 7) is 8.23. The molecule has 1 amide bonds. The monoisotopic (exact) mass is 509 g/mol. The van der Waals surface area contributed by atoms with Gasteiger partial charge in [0.15, 0.2) is 14.1 Å². The molecule has 0 fully saturated rings. The number of hydrogen-bond acceptors (Lipinski definition) is 7. The summed E-state index contributed by atoms with van der Waals surface area (Å²) in [5.74, 6) is 2.00. The van der Waals surface area contributed by atoms with Gasteiger partial charge < -0.3 is 14.8 Å².